The second-order valence-corrected chi connectivity index (χ2v) is 5.43. The van der Waals surface area contributed by atoms with E-state index in [4.69, 9.17) is 9.47 Å². The summed E-state index contributed by atoms with van der Waals surface area (Å²) in [6.45, 7) is 7.54. The van der Waals surface area contributed by atoms with E-state index in [-0.39, 0.29) is 5.91 Å². The van der Waals surface area contributed by atoms with Crippen LogP contribution in [0.25, 0.3) is 0 Å². The Morgan fingerprint density at radius 3 is 2.59 bits per heavy atom. The van der Waals surface area contributed by atoms with Crippen molar-refractivity contribution in [2.45, 2.75) is 46.5 Å². The molecule has 0 saturated carbocycles. The summed E-state index contributed by atoms with van der Waals surface area (Å²) in [6.07, 6.45) is 4.67. The van der Waals surface area contributed by atoms with Crippen LogP contribution in [-0.2, 0) is 0 Å². The number of carbonyl (C=O) groups excluding carboxylic acids is 1. The molecule has 1 N–H and O–H groups in total. The molecule has 1 atom stereocenters. The number of ether oxygens (including phenoxy) is 2. The summed E-state index contributed by atoms with van der Waals surface area (Å²) >= 11 is 0. The van der Waals surface area contributed by atoms with Gasteiger partial charge in [0, 0.05) is 12.1 Å². The third-order valence-corrected chi connectivity index (χ3v) is 3.82. The zero-order valence-corrected chi connectivity index (χ0v) is 14.3. The summed E-state index contributed by atoms with van der Waals surface area (Å²) < 4.78 is 10.7. The Hall–Kier alpha value is -1.71. The van der Waals surface area contributed by atoms with Crippen LogP contribution in [0.15, 0.2) is 18.2 Å². The van der Waals surface area contributed by atoms with Crippen LogP contribution in [0, 0.1) is 5.92 Å². The lowest BCUT2D eigenvalue weighted by atomic mass is 9.99. The molecule has 124 valence electrons. The van der Waals surface area contributed by atoms with Crippen LogP contribution in [0.5, 0.6) is 11.5 Å². The Labute approximate surface area is 134 Å². The van der Waals surface area contributed by atoms with Gasteiger partial charge in [-0.25, -0.2) is 0 Å². The Balaban J connectivity index is 2.66. The summed E-state index contributed by atoms with van der Waals surface area (Å²) in [7, 11) is 1.59. The molecule has 0 fully saturated rings. The smallest absolute Gasteiger partial charge is 0.251 e. The number of hydrogen-bond acceptors (Lipinski definition) is 3. The van der Waals surface area contributed by atoms with E-state index in [9.17, 15) is 4.79 Å². The van der Waals surface area contributed by atoms with Crippen molar-refractivity contribution in [1.29, 1.82) is 0 Å². The third kappa shape index (κ3) is 5.58. The normalized spacial score (nSPS) is 11.8. The van der Waals surface area contributed by atoms with Crippen molar-refractivity contribution in [2.75, 3.05) is 20.3 Å². The average molecular weight is 307 g/mol. The maximum atomic E-state index is 12.3. The molecule has 1 unspecified atom stereocenters. The van der Waals surface area contributed by atoms with Gasteiger partial charge in [0.15, 0.2) is 11.5 Å². The topological polar surface area (TPSA) is 47.6 Å². The lowest BCUT2D eigenvalue weighted by Gasteiger charge is -2.16. The molecule has 0 aliphatic rings. The van der Waals surface area contributed by atoms with E-state index >= 15 is 0 Å². The standard InChI is InChI=1S/C18H29NO3/c1-5-8-9-14(6-2)13-19-18(20)15-10-11-16(21-4)17(12-15)22-7-3/h10-12,14H,5-9,13H2,1-4H3,(H,19,20). The van der Waals surface area contributed by atoms with Crippen molar-refractivity contribution < 1.29 is 14.3 Å². The molecule has 0 aliphatic heterocycles. The van der Waals surface area contributed by atoms with Crippen molar-refractivity contribution in [2.24, 2.45) is 5.92 Å². The van der Waals surface area contributed by atoms with Crippen molar-refractivity contribution in [1.82, 2.24) is 5.32 Å². The van der Waals surface area contributed by atoms with Crippen LogP contribution in [0.3, 0.4) is 0 Å². The number of hydrogen-bond donors (Lipinski definition) is 1. The number of methoxy groups -OCH3 is 1. The molecular weight excluding hydrogens is 278 g/mol. The summed E-state index contributed by atoms with van der Waals surface area (Å²) in [6, 6.07) is 5.28. The molecule has 0 aliphatic carbocycles. The molecule has 0 bridgehead atoms. The fraction of sp³-hybridized carbons (Fsp3) is 0.611. The minimum atomic E-state index is -0.0569. The first-order chi connectivity index (χ1) is 10.7. The first-order valence-electron chi connectivity index (χ1n) is 8.25. The van der Waals surface area contributed by atoms with E-state index in [2.05, 4.69) is 19.2 Å². The number of benzene rings is 1. The fourth-order valence-corrected chi connectivity index (χ4v) is 2.37. The second-order valence-electron chi connectivity index (χ2n) is 5.43. The van der Waals surface area contributed by atoms with Gasteiger partial charge in [-0.15, -0.1) is 0 Å². The van der Waals surface area contributed by atoms with Gasteiger partial charge in [0.1, 0.15) is 0 Å². The van der Waals surface area contributed by atoms with E-state index < -0.39 is 0 Å². The highest BCUT2D eigenvalue weighted by molar-refractivity contribution is 5.94. The zero-order chi connectivity index (χ0) is 16.4. The molecule has 0 radical (unpaired) electrons. The van der Waals surface area contributed by atoms with Gasteiger partial charge < -0.3 is 14.8 Å². The molecule has 1 amide bonds. The molecule has 0 saturated heterocycles. The Kier molecular flexibility index (Phi) is 8.41. The van der Waals surface area contributed by atoms with E-state index in [0.29, 0.717) is 29.6 Å². The Morgan fingerprint density at radius 2 is 2.00 bits per heavy atom. The largest absolute Gasteiger partial charge is 0.493 e. The van der Waals surface area contributed by atoms with Gasteiger partial charge in [-0.05, 0) is 37.5 Å². The minimum Gasteiger partial charge on any atom is -0.493 e. The second kappa shape index (κ2) is 10.1. The first-order valence-corrected chi connectivity index (χ1v) is 8.25. The van der Waals surface area contributed by atoms with Crippen molar-refractivity contribution in [3.63, 3.8) is 0 Å². The third-order valence-electron chi connectivity index (χ3n) is 3.82. The quantitative estimate of drug-likeness (QED) is 0.709. The molecule has 1 rings (SSSR count). The van der Waals surface area contributed by atoms with Gasteiger partial charge in [0.2, 0.25) is 0 Å². The monoisotopic (exact) mass is 307 g/mol. The number of rotatable bonds is 10. The van der Waals surface area contributed by atoms with Gasteiger partial charge in [0.05, 0.1) is 13.7 Å². The van der Waals surface area contributed by atoms with Gasteiger partial charge in [-0.2, -0.15) is 0 Å². The van der Waals surface area contributed by atoms with Crippen LogP contribution < -0.4 is 14.8 Å². The number of unbranched alkanes of at least 4 members (excludes halogenated alkanes) is 1. The van der Waals surface area contributed by atoms with Crippen LogP contribution in [-0.4, -0.2) is 26.2 Å². The Morgan fingerprint density at radius 1 is 1.23 bits per heavy atom. The predicted molar refractivity (Wildman–Crippen MR) is 89.8 cm³/mol. The van der Waals surface area contributed by atoms with Gasteiger partial charge in [0.25, 0.3) is 5.91 Å². The zero-order valence-electron chi connectivity index (χ0n) is 14.3. The van der Waals surface area contributed by atoms with Gasteiger partial charge in [-0.3, -0.25) is 4.79 Å². The van der Waals surface area contributed by atoms with Crippen molar-refractivity contribution in [3.05, 3.63) is 23.8 Å². The predicted octanol–water partition coefficient (Wildman–Crippen LogP) is 4.04. The summed E-state index contributed by atoms with van der Waals surface area (Å²) in [5.74, 6) is 1.75. The number of amides is 1. The lowest BCUT2D eigenvalue weighted by molar-refractivity contribution is 0.0945. The Bertz CT molecular complexity index is 460. The lowest BCUT2D eigenvalue weighted by Crippen LogP contribution is -2.29. The molecule has 0 aromatic heterocycles. The molecule has 0 heterocycles. The SMILES string of the molecule is CCCCC(CC)CNC(=O)c1ccc(OC)c(OCC)c1. The van der Waals surface area contributed by atoms with E-state index in [1.807, 2.05) is 6.92 Å². The maximum absolute atomic E-state index is 12.3. The first kappa shape index (κ1) is 18.3. The molecule has 1 aromatic rings. The molecule has 4 heteroatoms. The van der Waals surface area contributed by atoms with Crippen molar-refractivity contribution >= 4 is 5.91 Å². The average Bonchev–Trinajstić information content (AvgIpc) is 2.55. The van der Waals surface area contributed by atoms with Crippen LogP contribution in [0.4, 0.5) is 0 Å². The molecule has 22 heavy (non-hydrogen) atoms. The number of carbonyl (C=O) groups is 1. The van der Waals surface area contributed by atoms with Crippen LogP contribution in [0.1, 0.15) is 56.8 Å². The highest BCUT2D eigenvalue weighted by Gasteiger charge is 2.13. The summed E-state index contributed by atoms with van der Waals surface area (Å²) in [4.78, 5) is 12.3. The highest BCUT2D eigenvalue weighted by atomic mass is 16.5. The maximum Gasteiger partial charge on any atom is 0.251 e. The molecule has 1 aromatic carbocycles. The summed E-state index contributed by atoms with van der Waals surface area (Å²) in [5, 5.41) is 3.03. The van der Waals surface area contributed by atoms with E-state index in [1.54, 1.807) is 25.3 Å². The van der Waals surface area contributed by atoms with Gasteiger partial charge >= 0.3 is 0 Å². The molecule has 4 nitrogen and oxygen atoms in total. The molecular formula is C18H29NO3. The highest BCUT2D eigenvalue weighted by Crippen LogP contribution is 2.28. The summed E-state index contributed by atoms with van der Waals surface area (Å²) in [5.41, 5.74) is 0.606. The van der Waals surface area contributed by atoms with Crippen molar-refractivity contribution in [3.8, 4) is 11.5 Å². The fourth-order valence-electron chi connectivity index (χ4n) is 2.37. The van der Waals surface area contributed by atoms with E-state index in [0.717, 1.165) is 13.0 Å². The van der Waals surface area contributed by atoms with Crippen LogP contribution in [0.2, 0.25) is 0 Å². The van der Waals surface area contributed by atoms with Gasteiger partial charge in [-0.1, -0.05) is 33.1 Å². The van der Waals surface area contributed by atoms with E-state index in [1.165, 1.54) is 19.3 Å². The molecule has 0 spiro atoms. The minimum absolute atomic E-state index is 0.0569. The van der Waals surface area contributed by atoms with Crippen LogP contribution >= 0.6 is 0 Å². The number of nitrogens with one attached hydrogen (secondary N) is 1.